The highest BCUT2D eigenvalue weighted by molar-refractivity contribution is 6.76. The molecule has 20 heavy (non-hydrogen) atoms. The average Bonchev–Trinajstić information content (AvgIpc) is 2.82. The van der Waals surface area contributed by atoms with Crippen LogP contribution in [0.3, 0.4) is 0 Å². The van der Waals surface area contributed by atoms with Crippen LogP contribution in [0.1, 0.15) is 11.3 Å². The maximum absolute atomic E-state index is 5.72. The first-order valence-electron chi connectivity index (χ1n) is 7.15. The highest BCUT2D eigenvalue weighted by Crippen LogP contribution is 2.09. The molecular weight excluding hydrogens is 264 g/mol. The summed E-state index contributed by atoms with van der Waals surface area (Å²) < 4.78 is 7.73. The number of imidazole rings is 1. The summed E-state index contributed by atoms with van der Waals surface area (Å²) in [5.74, 6) is 0. The van der Waals surface area contributed by atoms with E-state index >= 15 is 0 Å². The van der Waals surface area contributed by atoms with Gasteiger partial charge in [0.25, 0.3) is 0 Å². The first kappa shape index (κ1) is 15.0. The van der Waals surface area contributed by atoms with Gasteiger partial charge in [-0.25, -0.2) is 4.98 Å². The average molecular weight is 288 g/mol. The predicted octanol–water partition coefficient (Wildman–Crippen LogP) is 3.79. The number of benzene rings is 1. The van der Waals surface area contributed by atoms with Crippen molar-refractivity contribution in [3.05, 3.63) is 54.1 Å². The molecule has 0 radical (unpaired) electrons. The quantitative estimate of drug-likeness (QED) is 0.572. The highest BCUT2D eigenvalue weighted by Gasteiger charge is 2.11. The molecule has 2 rings (SSSR count). The zero-order valence-corrected chi connectivity index (χ0v) is 13.7. The zero-order chi connectivity index (χ0) is 14.4. The van der Waals surface area contributed by atoms with Gasteiger partial charge in [-0.1, -0.05) is 50.0 Å². The van der Waals surface area contributed by atoms with Crippen LogP contribution in [0.2, 0.25) is 25.7 Å². The third-order valence-electron chi connectivity index (χ3n) is 3.15. The second kappa shape index (κ2) is 6.86. The summed E-state index contributed by atoms with van der Waals surface area (Å²) in [5, 5.41) is 0. The molecule has 0 atom stereocenters. The van der Waals surface area contributed by atoms with Crippen molar-refractivity contribution in [3.63, 3.8) is 0 Å². The first-order valence-corrected chi connectivity index (χ1v) is 10.9. The van der Waals surface area contributed by atoms with Gasteiger partial charge >= 0.3 is 0 Å². The van der Waals surface area contributed by atoms with Gasteiger partial charge in [0.1, 0.15) is 6.73 Å². The number of hydrogen-bond acceptors (Lipinski definition) is 2. The van der Waals surface area contributed by atoms with Crippen LogP contribution in [0.4, 0.5) is 0 Å². The maximum atomic E-state index is 5.72. The lowest BCUT2D eigenvalue weighted by atomic mass is 10.1. The van der Waals surface area contributed by atoms with Gasteiger partial charge in [-0.3, -0.25) is 0 Å². The van der Waals surface area contributed by atoms with Crippen molar-refractivity contribution in [2.75, 3.05) is 6.61 Å². The van der Waals surface area contributed by atoms with E-state index in [0.29, 0.717) is 6.73 Å². The second-order valence-corrected chi connectivity index (χ2v) is 12.0. The number of hydrogen-bond donors (Lipinski definition) is 0. The SMILES string of the molecule is C[Si](C)(C)CCOCn1cnc(Cc2ccccc2)c1. The van der Waals surface area contributed by atoms with Crippen LogP contribution in [0.25, 0.3) is 0 Å². The Hall–Kier alpha value is -1.39. The fourth-order valence-electron chi connectivity index (χ4n) is 1.92. The lowest BCUT2D eigenvalue weighted by molar-refractivity contribution is 0.0871. The molecule has 2 aromatic rings. The van der Waals surface area contributed by atoms with E-state index in [2.05, 4.69) is 55.1 Å². The van der Waals surface area contributed by atoms with Crippen LogP contribution in [0.5, 0.6) is 0 Å². The molecule has 0 N–H and O–H groups in total. The summed E-state index contributed by atoms with van der Waals surface area (Å²) in [5.41, 5.74) is 2.38. The summed E-state index contributed by atoms with van der Waals surface area (Å²) in [6.45, 7) is 8.55. The first-order chi connectivity index (χ1) is 9.53. The molecule has 3 nitrogen and oxygen atoms in total. The molecule has 1 aromatic carbocycles. The Labute approximate surface area is 122 Å². The van der Waals surface area contributed by atoms with E-state index < -0.39 is 8.07 Å². The monoisotopic (exact) mass is 288 g/mol. The summed E-state index contributed by atoms with van der Waals surface area (Å²) >= 11 is 0. The summed E-state index contributed by atoms with van der Waals surface area (Å²) in [6.07, 6.45) is 4.80. The third-order valence-corrected chi connectivity index (χ3v) is 4.86. The summed E-state index contributed by atoms with van der Waals surface area (Å²) in [6, 6.07) is 11.6. The Morgan fingerprint density at radius 3 is 2.60 bits per heavy atom. The smallest absolute Gasteiger partial charge is 0.123 e. The fourth-order valence-corrected chi connectivity index (χ4v) is 2.68. The molecule has 0 fully saturated rings. The second-order valence-electron chi connectivity index (χ2n) is 6.39. The molecule has 0 spiro atoms. The van der Waals surface area contributed by atoms with Gasteiger partial charge in [-0.05, 0) is 11.6 Å². The molecule has 1 heterocycles. The van der Waals surface area contributed by atoms with Crippen LogP contribution in [-0.2, 0) is 17.9 Å². The van der Waals surface area contributed by atoms with Crippen molar-refractivity contribution in [1.82, 2.24) is 9.55 Å². The van der Waals surface area contributed by atoms with Crippen LogP contribution in [0, 0.1) is 0 Å². The van der Waals surface area contributed by atoms with Crippen molar-refractivity contribution in [1.29, 1.82) is 0 Å². The van der Waals surface area contributed by atoms with Crippen molar-refractivity contribution in [2.45, 2.75) is 38.8 Å². The van der Waals surface area contributed by atoms with Crippen LogP contribution in [-0.4, -0.2) is 24.2 Å². The molecule has 108 valence electrons. The minimum atomic E-state index is -0.991. The van der Waals surface area contributed by atoms with E-state index in [1.807, 2.05) is 17.0 Å². The molecule has 1 aromatic heterocycles. The Morgan fingerprint density at radius 2 is 1.90 bits per heavy atom. The molecule has 0 saturated heterocycles. The molecule has 0 unspecified atom stereocenters. The topological polar surface area (TPSA) is 27.1 Å². The van der Waals surface area contributed by atoms with Gasteiger partial charge in [0.2, 0.25) is 0 Å². The molecule has 0 aliphatic rings. The Balaban J connectivity index is 1.78. The number of ether oxygens (including phenoxy) is 1. The predicted molar refractivity (Wildman–Crippen MR) is 85.6 cm³/mol. The van der Waals surface area contributed by atoms with E-state index in [0.717, 1.165) is 18.7 Å². The van der Waals surface area contributed by atoms with Gasteiger partial charge in [0.05, 0.1) is 12.0 Å². The van der Waals surface area contributed by atoms with Crippen LogP contribution >= 0.6 is 0 Å². The van der Waals surface area contributed by atoms with Gasteiger partial charge in [0.15, 0.2) is 0 Å². The van der Waals surface area contributed by atoms with Crippen LogP contribution in [0.15, 0.2) is 42.9 Å². The summed E-state index contributed by atoms with van der Waals surface area (Å²) in [7, 11) is -0.991. The Morgan fingerprint density at radius 1 is 1.15 bits per heavy atom. The molecule has 0 amide bonds. The third kappa shape index (κ3) is 5.31. The van der Waals surface area contributed by atoms with E-state index in [1.54, 1.807) is 0 Å². The fraction of sp³-hybridized carbons (Fsp3) is 0.438. The lowest BCUT2D eigenvalue weighted by Gasteiger charge is -2.15. The lowest BCUT2D eigenvalue weighted by Crippen LogP contribution is -2.21. The molecule has 0 aliphatic carbocycles. The van der Waals surface area contributed by atoms with E-state index in [1.165, 1.54) is 11.6 Å². The summed E-state index contributed by atoms with van der Waals surface area (Å²) in [4.78, 5) is 4.43. The molecular formula is C16H24N2OSi. The maximum Gasteiger partial charge on any atom is 0.123 e. The van der Waals surface area contributed by atoms with E-state index in [-0.39, 0.29) is 0 Å². The van der Waals surface area contributed by atoms with Gasteiger partial charge < -0.3 is 9.30 Å². The van der Waals surface area contributed by atoms with Crippen molar-refractivity contribution < 1.29 is 4.74 Å². The molecule has 0 saturated carbocycles. The minimum Gasteiger partial charge on any atom is -0.361 e. The van der Waals surface area contributed by atoms with Crippen molar-refractivity contribution in [2.24, 2.45) is 0 Å². The number of aromatic nitrogens is 2. The minimum absolute atomic E-state index is 0.603. The highest BCUT2D eigenvalue weighted by atomic mass is 28.3. The number of rotatable bonds is 7. The zero-order valence-electron chi connectivity index (χ0n) is 12.7. The van der Waals surface area contributed by atoms with E-state index in [9.17, 15) is 0 Å². The normalized spacial score (nSPS) is 11.8. The Kier molecular flexibility index (Phi) is 5.15. The van der Waals surface area contributed by atoms with Crippen molar-refractivity contribution in [3.8, 4) is 0 Å². The Bertz CT molecular complexity index is 517. The van der Waals surface area contributed by atoms with Gasteiger partial charge in [-0.15, -0.1) is 0 Å². The largest absolute Gasteiger partial charge is 0.361 e. The van der Waals surface area contributed by atoms with Crippen molar-refractivity contribution >= 4 is 8.07 Å². The van der Waals surface area contributed by atoms with Crippen LogP contribution < -0.4 is 0 Å². The molecule has 0 aliphatic heterocycles. The van der Waals surface area contributed by atoms with E-state index in [4.69, 9.17) is 4.74 Å². The standard InChI is InChI=1S/C16H24N2OSi/c1-20(2,3)10-9-19-14-18-12-16(17-13-18)11-15-7-5-4-6-8-15/h4-8,12-13H,9-11,14H2,1-3H3. The van der Waals surface area contributed by atoms with Gasteiger partial charge in [0, 0.05) is 27.3 Å². The molecule has 4 heteroatoms. The number of nitrogens with zero attached hydrogens (tertiary/aromatic N) is 2. The molecule has 0 bridgehead atoms. The van der Waals surface area contributed by atoms with Gasteiger partial charge in [-0.2, -0.15) is 0 Å².